The van der Waals surface area contributed by atoms with Gasteiger partial charge in [-0.15, -0.1) is 17.0 Å². The molecule has 0 fully saturated rings. The highest BCUT2D eigenvalue weighted by molar-refractivity contribution is 8.22. The molecule has 0 aromatic heterocycles. The topological polar surface area (TPSA) is 102 Å². The molecule has 0 saturated carbocycles. The van der Waals surface area contributed by atoms with E-state index in [4.69, 9.17) is 9.11 Å². The van der Waals surface area contributed by atoms with Crippen LogP contribution in [0.4, 0.5) is 26.3 Å². The number of sulfonamides is 1. The summed E-state index contributed by atoms with van der Waals surface area (Å²) in [6.07, 6.45) is 0. The van der Waals surface area contributed by atoms with Crippen molar-refractivity contribution in [2.45, 2.75) is 11.0 Å². The lowest BCUT2D eigenvalue weighted by Crippen LogP contribution is -3.10. The van der Waals surface area contributed by atoms with E-state index >= 15 is 0 Å². The van der Waals surface area contributed by atoms with E-state index in [0.29, 0.717) is 0 Å². The predicted molar refractivity (Wildman–Crippen MR) is 38.2 cm³/mol. The van der Waals surface area contributed by atoms with E-state index in [2.05, 4.69) is 0 Å². The molecule has 0 radical (unpaired) electrons. The van der Waals surface area contributed by atoms with E-state index in [1.807, 2.05) is 0 Å². The lowest BCUT2D eigenvalue weighted by atomic mass is 11.6. The molecular formula is C2H3F6NO5S2. The van der Waals surface area contributed by atoms with Gasteiger partial charge in [-0.1, -0.05) is 0 Å². The minimum Gasteiger partial charge on any atom is -0.593 e. The number of hydrogen-bond donors (Lipinski definition) is 3. The molecule has 0 saturated heterocycles. The number of rotatable bonds is 2. The standard InChI is InChI=1S/C2H3F6NO5S2/c3-1(4,5)15(11,12)9(10)16(13,14)2(6,7)8/h9,11-12H. The van der Waals surface area contributed by atoms with Crippen LogP contribution in [0, 0.1) is 5.21 Å². The van der Waals surface area contributed by atoms with Crippen LogP contribution in [0.2, 0.25) is 0 Å². The Morgan fingerprint density at radius 2 is 1.25 bits per heavy atom. The molecule has 14 heteroatoms. The van der Waals surface area contributed by atoms with E-state index in [1.165, 1.54) is 0 Å². The predicted octanol–water partition coefficient (Wildman–Crippen LogP) is 0.404. The van der Waals surface area contributed by atoms with Gasteiger partial charge in [0.05, 0.1) is 0 Å². The third-order valence-electron chi connectivity index (χ3n) is 1.08. The van der Waals surface area contributed by atoms with Crippen molar-refractivity contribution >= 4 is 20.8 Å². The van der Waals surface area contributed by atoms with Crippen LogP contribution >= 0.6 is 10.8 Å². The van der Waals surface area contributed by atoms with Crippen LogP contribution in [0.3, 0.4) is 0 Å². The lowest BCUT2D eigenvalue weighted by molar-refractivity contribution is -0.571. The lowest BCUT2D eigenvalue weighted by Gasteiger charge is -2.39. The van der Waals surface area contributed by atoms with Crippen LogP contribution in [0.15, 0.2) is 0 Å². The maximum absolute atomic E-state index is 11.7. The van der Waals surface area contributed by atoms with Crippen molar-refractivity contribution in [1.29, 1.82) is 0 Å². The maximum Gasteiger partial charge on any atom is 0.551 e. The summed E-state index contributed by atoms with van der Waals surface area (Å²) in [5.41, 5.74) is -12.5. The van der Waals surface area contributed by atoms with Crippen LogP contribution in [0.1, 0.15) is 0 Å². The van der Waals surface area contributed by atoms with Gasteiger partial charge in [0.25, 0.3) is 0 Å². The molecular weight excluding hydrogens is 296 g/mol. The normalized spacial score (nSPS) is 18.3. The van der Waals surface area contributed by atoms with Crippen LogP contribution in [0.5, 0.6) is 0 Å². The summed E-state index contributed by atoms with van der Waals surface area (Å²) in [4.78, 5) is 0. The van der Waals surface area contributed by atoms with E-state index in [-0.39, 0.29) is 0 Å². The van der Waals surface area contributed by atoms with Gasteiger partial charge in [0.1, 0.15) is 0 Å². The fourth-order valence-corrected chi connectivity index (χ4v) is 2.51. The highest BCUT2D eigenvalue weighted by Gasteiger charge is 2.62. The van der Waals surface area contributed by atoms with Gasteiger partial charge in [0.15, 0.2) is 0 Å². The SMILES string of the molecule is O=S(=O)([NH+]([O-])S(O)(O)C(F)(F)F)C(F)(F)F. The first-order chi connectivity index (χ1) is 6.65. The summed E-state index contributed by atoms with van der Waals surface area (Å²) in [6, 6.07) is 0. The second kappa shape index (κ2) is 3.88. The monoisotopic (exact) mass is 299 g/mol. The van der Waals surface area contributed by atoms with Crippen molar-refractivity contribution in [2.75, 3.05) is 0 Å². The van der Waals surface area contributed by atoms with Crippen molar-refractivity contribution in [3.8, 4) is 0 Å². The minimum atomic E-state index is -6.94. The van der Waals surface area contributed by atoms with Gasteiger partial charge < -0.3 is 5.21 Å². The summed E-state index contributed by atoms with van der Waals surface area (Å²) in [5, 5.41) is 10.3. The van der Waals surface area contributed by atoms with Gasteiger partial charge in [-0.05, 0) is 0 Å². The summed E-state index contributed by atoms with van der Waals surface area (Å²) >= 11 is 0. The third-order valence-corrected chi connectivity index (χ3v) is 4.59. The smallest absolute Gasteiger partial charge is 0.551 e. The fourth-order valence-electron chi connectivity index (χ4n) is 0.342. The molecule has 16 heavy (non-hydrogen) atoms. The third kappa shape index (κ3) is 2.51. The van der Waals surface area contributed by atoms with Gasteiger partial charge in [0, 0.05) is 10.8 Å². The molecule has 1 unspecified atom stereocenters. The first kappa shape index (κ1) is 15.7. The Labute approximate surface area is 85.6 Å². The molecule has 0 aliphatic carbocycles. The van der Waals surface area contributed by atoms with Gasteiger partial charge in [-0.2, -0.15) is 21.6 Å². The zero-order chi connectivity index (χ0) is 13.6. The summed E-state index contributed by atoms with van der Waals surface area (Å²) in [5.74, 6) is 0. The van der Waals surface area contributed by atoms with E-state index in [1.54, 1.807) is 0 Å². The van der Waals surface area contributed by atoms with E-state index < -0.39 is 35.7 Å². The molecule has 0 spiro atoms. The van der Waals surface area contributed by atoms with Crippen molar-refractivity contribution in [3.05, 3.63) is 5.21 Å². The maximum atomic E-state index is 11.7. The molecule has 6 nitrogen and oxygen atoms in total. The molecule has 0 bridgehead atoms. The molecule has 1 atom stereocenters. The molecule has 0 aromatic rings. The van der Waals surface area contributed by atoms with Gasteiger partial charge in [-0.25, -0.2) is 9.11 Å². The Morgan fingerprint density at radius 3 is 1.44 bits per heavy atom. The summed E-state index contributed by atoms with van der Waals surface area (Å²) in [6.45, 7) is 0. The Morgan fingerprint density at radius 1 is 0.938 bits per heavy atom. The van der Waals surface area contributed by atoms with Crippen molar-refractivity contribution < 1.29 is 47.7 Å². The van der Waals surface area contributed by atoms with Crippen molar-refractivity contribution in [2.24, 2.45) is 0 Å². The first-order valence-electron chi connectivity index (χ1n) is 2.85. The van der Waals surface area contributed by atoms with Crippen LogP contribution < -0.4 is 3.87 Å². The van der Waals surface area contributed by atoms with Crippen LogP contribution in [0.25, 0.3) is 0 Å². The zero-order valence-corrected chi connectivity index (χ0v) is 8.34. The van der Waals surface area contributed by atoms with Gasteiger partial charge in [-0.3, -0.25) is 0 Å². The Bertz CT molecular complexity index is 356. The molecule has 0 aromatic carbocycles. The van der Waals surface area contributed by atoms with Crippen molar-refractivity contribution in [1.82, 2.24) is 0 Å². The number of alkyl halides is 6. The number of nitrogens with one attached hydrogen (secondary N) is 1. The highest BCUT2D eigenvalue weighted by Crippen LogP contribution is 2.49. The number of hydrogen-bond acceptors (Lipinski definition) is 5. The quantitative estimate of drug-likeness (QED) is 0.506. The van der Waals surface area contributed by atoms with Gasteiger partial charge in [0.2, 0.25) is 0 Å². The average molecular weight is 299 g/mol. The second-order valence-corrected chi connectivity index (χ2v) is 6.22. The fraction of sp³-hybridized carbons (Fsp3) is 1.00. The average Bonchev–Trinajstić information content (AvgIpc) is 1.98. The minimum absolute atomic E-state index is 3.72. The zero-order valence-electron chi connectivity index (χ0n) is 6.70. The second-order valence-electron chi connectivity index (χ2n) is 2.19. The Kier molecular flexibility index (Phi) is 3.81. The van der Waals surface area contributed by atoms with Crippen molar-refractivity contribution in [3.63, 3.8) is 0 Å². The molecule has 3 N–H and O–H groups in total. The summed E-state index contributed by atoms with van der Waals surface area (Å²) < 4.78 is 103. The Balaban J connectivity index is 5.50. The molecule has 100 valence electrons. The largest absolute Gasteiger partial charge is 0.593 e. The highest BCUT2D eigenvalue weighted by atomic mass is 32.3. The molecule has 0 amide bonds. The molecule has 0 aliphatic rings. The summed E-state index contributed by atoms with van der Waals surface area (Å²) in [7, 11) is -13.5. The molecule has 0 rings (SSSR count). The van der Waals surface area contributed by atoms with Gasteiger partial charge >= 0.3 is 21.0 Å². The first-order valence-corrected chi connectivity index (χ1v) is 5.88. The van der Waals surface area contributed by atoms with E-state index in [0.717, 1.165) is 0 Å². The van der Waals surface area contributed by atoms with E-state index in [9.17, 15) is 40.0 Å². The number of quaternary nitrogens is 1. The molecule has 0 aliphatic heterocycles. The Hall–Kier alpha value is -0.280. The van der Waals surface area contributed by atoms with Crippen LogP contribution in [-0.4, -0.2) is 28.5 Å². The molecule has 0 heterocycles. The van der Waals surface area contributed by atoms with Crippen LogP contribution in [-0.2, 0) is 10.0 Å². The number of halogens is 6.